The van der Waals surface area contributed by atoms with Gasteiger partial charge in [-0.05, 0) is 37.8 Å². The van der Waals surface area contributed by atoms with Crippen LogP contribution in [-0.4, -0.2) is 60.4 Å². The van der Waals surface area contributed by atoms with Gasteiger partial charge in [-0.15, -0.1) is 0 Å². The van der Waals surface area contributed by atoms with E-state index in [0.717, 1.165) is 45.2 Å². The lowest BCUT2D eigenvalue weighted by Crippen LogP contribution is -2.35. The minimum Gasteiger partial charge on any atom is -0.342 e. The summed E-state index contributed by atoms with van der Waals surface area (Å²) in [5.41, 5.74) is 0. The summed E-state index contributed by atoms with van der Waals surface area (Å²) in [6, 6.07) is 3.32. The summed E-state index contributed by atoms with van der Waals surface area (Å²) in [5.74, 6) is 0.499. The first kappa shape index (κ1) is 20.6. The van der Waals surface area contributed by atoms with Gasteiger partial charge in [0.15, 0.2) is 0 Å². The fourth-order valence-electron chi connectivity index (χ4n) is 3.58. The van der Waals surface area contributed by atoms with E-state index in [1.54, 1.807) is 16.4 Å². The molecule has 0 bridgehead atoms. The Morgan fingerprint density at radius 1 is 0.926 bits per heavy atom. The fourth-order valence-corrected chi connectivity index (χ4v) is 5.79. The summed E-state index contributed by atoms with van der Waals surface area (Å²) >= 11 is 1.38. The Kier molecular flexibility index (Phi) is 7.55. The van der Waals surface area contributed by atoms with Gasteiger partial charge in [0.05, 0.1) is 10.8 Å². The summed E-state index contributed by atoms with van der Waals surface area (Å²) < 4.78 is 26.8. The normalized spacial score (nSPS) is 20.1. The van der Waals surface area contributed by atoms with Gasteiger partial charge in [-0.3, -0.25) is 4.79 Å². The zero-order valence-electron chi connectivity index (χ0n) is 15.8. The molecular weight excluding hydrogens is 382 g/mol. The molecule has 0 saturated carbocycles. The van der Waals surface area contributed by atoms with Gasteiger partial charge in [0.1, 0.15) is 4.90 Å². The Labute approximate surface area is 166 Å². The van der Waals surface area contributed by atoms with Crippen molar-refractivity contribution in [2.75, 3.05) is 31.9 Å². The van der Waals surface area contributed by atoms with Crippen molar-refractivity contribution in [2.45, 2.75) is 61.3 Å². The number of hydrogen-bond donors (Lipinski definition) is 0. The van der Waals surface area contributed by atoms with E-state index in [1.807, 2.05) is 4.90 Å². The quantitative estimate of drug-likeness (QED) is 0.696. The Balaban J connectivity index is 1.55. The Morgan fingerprint density at radius 3 is 2.15 bits per heavy atom. The van der Waals surface area contributed by atoms with Crippen LogP contribution in [0.4, 0.5) is 0 Å². The van der Waals surface area contributed by atoms with E-state index < -0.39 is 10.0 Å². The lowest BCUT2D eigenvalue weighted by atomic mass is 10.1. The van der Waals surface area contributed by atoms with Crippen LogP contribution in [0.1, 0.15) is 51.4 Å². The molecule has 2 aliphatic rings. The molecule has 3 rings (SSSR count). The van der Waals surface area contributed by atoms with Crippen LogP contribution in [-0.2, 0) is 14.8 Å². The van der Waals surface area contributed by atoms with E-state index in [4.69, 9.17) is 0 Å². The first-order valence-corrected chi connectivity index (χ1v) is 12.4. The molecule has 0 radical (unpaired) electrons. The number of likely N-dealkylation sites (tertiary alicyclic amines) is 1. The number of piperidine rings is 1. The molecule has 0 atom stereocenters. The highest BCUT2D eigenvalue weighted by molar-refractivity contribution is 7.99. The lowest BCUT2D eigenvalue weighted by Gasteiger charge is -2.25. The molecule has 0 spiro atoms. The Hall–Kier alpha value is -1.12. The van der Waals surface area contributed by atoms with Crippen molar-refractivity contribution >= 4 is 27.7 Å². The molecule has 27 heavy (non-hydrogen) atoms. The molecule has 3 heterocycles. The van der Waals surface area contributed by atoms with Crippen molar-refractivity contribution in [3.05, 3.63) is 18.3 Å². The fraction of sp³-hybridized carbons (Fsp3) is 0.684. The first-order valence-electron chi connectivity index (χ1n) is 9.94. The van der Waals surface area contributed by atoms with Crippen LogP contribution in [0.3, 0.4) is 0 Å². The molecular formula is C19H29N3O3S2. The molecule has 2 fully saturated rings. The second-order valence-electron chi connectivity index (χ2n) is 7.23. The van der Waals surface area contributed by atoms with Gasteiger partial charge in [-0.25, -0.2) is 13.4 Å². The molecule has 1 amide bonds. The van der Waals surface area contributed by atoms with E-state index in [2.05, 4.69) is 4.98 Å². The highest BCUT2D eigenvalue weighted by Gasteiger charge is 2.26. The molecule has 0 N–H and O–H groups in total. The van der Waals surface area contributed by atoms with E-state index >= 15 is 0 Å². The predicted molar refractivity (Wildman–Crippen MR) is 107 cm³/mol. The predicted octanol–water partition coefficient (Wildman–Crippen LogP) is 3.14. The first-order chi connectivity index (χ1) is 13.1. The summed E-state index contributed by atoms with van der Waals surface area (Å²) in [7, 11) is -3.45. The third kappa shape index (κ3) is 5.68. The van der Waals surface area contributed by atoms with E-state index in [1.165, 1.54) is 37.2 Å². The molecule has 150 valence electrons. The second kappa shape index (κ2) is 9.89. The molecule has 0 unspecified atom stereocenters. The van der Waals surface area contributed by atoms with Crippen molar-refractivity contribution in [3.63, 3.8) is 0 Å². The number of amides is 1. The van der Waals surface area contributed by atoms with E-state index in [-0.39, 0.29) is 10.8 Å². The zero-order valence-corrected chi connectivity index (χ0v) is 17.4. The van der Waals surface area contributed by atoms with Gasteiger partial charge in [0.25, 0.3) is 0 Å². The highest BCUT2D eigenvalue weighted by atomic mass is 32.2. The van der Waals surface area contributed by atoms with Crippen LogP contribution in [0.5, 0.6) is 0 Å². The molecule has 1 aromatic rings. The number of thioether (sulfide) groups is 1. The second-order valence-corrected chi connectivity index (χ2v) is 10.2. The van der Waals surface area contributed by atoms with E-state index in [0.29, 0.717) is 23.9 Å². The largest absolute Gasteiger partial charge is 0.342 e. The average molecular weight is 412 g/mol. The number of aromatic nitrogens is 1. The number of hydrogen-bond acceptors (Lipinski definition) is 5. The number of nitrogens with zero attached hydrogens (tertiary/aromatic N) is 3. The SMILES string of the molecule is O=C(CSc1ccc(S(=O)(=O)N2CCCCC2)cn1)N1CCCCCCC1. The van der Waals surface area contributed by atoms with Gasteiger partial charge in [0, 0.05) is 32.4 Å². The number of carbonyl (C=O) groups is 1. The molecule has 0 aliphatic carbocycles. The minimum absolute atomic E-state index is 0.147. The zero-order chi connectivity index (χ0) is 19.1. The number of carbonyl (C=O) groups excluding carboxylic acids is 1. The van der Waals surface area contributed by atoms with Crippen molar-refractivity contribution in [1.82, 2.24) is 14.2 Å². The molecule has 6 nitrogen and oxygen atoms in total. The maximum Gasteiger partial charge on any atom is 0.244 e. The van der Waals surface area contributed by atoms with Crippen molar-refractivity contribution < 1.29 is 13.2 Å². The maximum atomic E-state index is 12.7. The Bertz CT molecular complexity index is 708. The topological polar surface area (TPSA) is 70.6 Å². The molecule has 2 saturated heterocycles. The standard InChI is InChI=1S/C19H29N3O3S2/c23-19(21-11-5-2-1-3-6-12-21)16-26-18-10-9-17(15-20-18)27(24,25)22-13-7-4-8-14-22/h9-10,15H,1-8,11-14,16H2. The summed E-state index contributed by atoms with van der Waals surface area (Å²) in [6.45, 7) is 2.87. The molecule has 2 aliphatic heterocycles. The van der Waals surface area contributed by atoms with E-state index in [9.17, 15) is 13.2 Å². The summed E-state index contributed by atoms with van der Waals surface area (Å²) in [4.78, 5) is 18.9. The van der Waals surface area contributed by atoms with Crippen LogP contribution in [0, 0.1) is 0 Å². The van der Waals surface area contributed by atoms with Crippen molar-refractivity contribution in [2.24, 2.45) is 0 Å². The van der Waals surface area contributed by atoms with Crippen LogP contribution in [0.25, 0.3) is 0 Å². The monoisotopic (exact) mass is 411 g/mol. The highest BCUT2D eigenvalue weighted by Crippen LogP contribution is 2.23. The van der Waals surface area contributed by atoms with Crippen LogP contribution in [0.2, 0.25) is 0 Å². The van der Waals surface area contributed by atoms with Gasteiger partial charge in [-0.1, -0.05) is 37.4 Å². The average Bonchev–Trinajstić information content (AvgIpc) is 2.67. The van der Waals surface area contributed by atoms with Gasteiger partial charge in [0.2, 0.25) is 15.9 Å². The van der Waals surface area contributed by atoms with Crippen molar-refractivity contribution in [3.8, 4) is 0 Å². The molecule has 0 aromatic carbocycles. The number of rotatable bonds is 5. The molecule has 1 aromatic heterocycles. The minimum atomic E-state index is -3.45. The van der Waals surface area contributed by atoms with Gasteiger partial charge < -0.3 is 4.90 Å². The summed E-state index contributed by atoms with van der Waals surface area (Å²) in [5, 5.41) is 0.688. The van der Waals surface area contributed by atoms with Gasteiger partial charge >= 0.3 is 0 Å². The van der Waals surface area contributed by atoms with Gasteiger partial charge in [-0.2, -0.15) is 4.31 Å². The van der Waals surface area contributed by atoms with Crippen LogP contribution in [0.15, 0.2) is 28.3 Å². The number of sulfonamides is 1. The smallest absolute Gasteiger partial charge is 0.244 e. The van der Waals surface area contributed by atoms with Crippen molar-refractivity contribution in [1.29, 1.82) is 0 Å². The van der Waals surface area contributed by atoms with Crippen LogP contribution >= 0.6 is 11.8 Å². The third-order valence-corrected chi connectivity index (χ3v) is 8.03. The maximum absolute atomic E-state index is 12.7. The third-order valence-electron chi connectivity index (χ3n) is 5.21. The Morgan fingerprint density at radius 2 is 1.52 bits per heavy atom. The molecule has 8 heteroatoms. The summed E-state index contributed by atoms with van der Waals surface area (Å²) in [6.07, 6.45) is 10.2. The lowest BCUT2D eigenvalue weighted by molar-refractivity contribution is -0.128. The van der Waals surface area contributed by atoms with Crippen LogP contribution < -0.4 is 0 Å². The number of pyridine rings is 1.